The van der Waals surface area contributed by atoms with Crippen molar-refractivity contribution >= 4 is 17.4 Å². The summed E-state index contributed by atoms with van der Waals surface area (Å²) in [5, 5.41) is 18.7. The molecule has 0 atom stereocenters. The van der Waals surface area contributed by atoms with Gasteiger partial charge in [-0.2, -0.15) is 5.10 Å². The number of halogens is 1. The highest BCUT2D eigenvalue weighted by atomic mass is 19.1. The van der Waals surface area contributed by atoms with Gasteiger partial charge >= 0.3 is 0 Å². The fourth-order valence-corrected chi connectivity index (χ4v) is 2.10. The molecule has 0 bridgehead atoms. The first-order valence-electron chi connectivity index (χ1n) is 6.83. The molecule has 1 aromatic carbocycles. The smallest absolute Gasteiger partial charge is 0.273 e. The van der Waals surface area contributed by atoms with Crippen LogP contribution in [0, 0.1) is 5.82 Å². The van der Waals surface area contributed by atoms with Crippen molar-refractivity contribution < 1.29 is 19.1 Å². The molecule has 1 heterocycles. The molecule has 3 rings (SSSR count). The van der Waals surface area contributed by atoms with Crippen molar-refractivity contribution in [3.63, 3.8) is 0 Å². The molecule has 0 spiro atoms. The standard InChI is InChI=1S/C15H14FN3O3/c16-10-1-3-11(4-2-10)18-14(21)13-9(8-17-19-13)7-12(20)15(22)5-6-15/h1-4,8,22H,5-7H2,(H,17,19)(H,18,21). The van der Waals surface area contributed by atoms with Gasteiger partial charge in [-0.1, -0.05) is 0 Å². The zero-order valence-corrected chi connectivity index (χ0v) is 11.6. The summed E-state index contributed by atoms with van der Waals surface area (Å²) in [5.41, 5.74) is -0.229. The first kappa shape index (κ1) is 14.4. The monoisotopic (exact) mass is 303 g/mol. The number of Topliss-reactive ketones (excluding diaryl/α,β-unsaturated/α-hetero) is 1. The van der Waals surface area contributed by atoms with Gasteiger partial charge in [0.25, 0.3) is 5.91 Å². The number of amides is 1. The summed E-state index contributed by atoms with van der Waals surface area (Å²) in [6, 6.07) is 5.33. The van der Waals surface area contributed by atoms with Crippen molar-refractivity contribution in [2.24, 2.45) is 0 Å². The van der Waals surface area contributed by atoms with Gasteiger partial charge in [-0.15, -0.1) is 0 Å². The number of H-pyrrole nitrogens is 1. The molecule has 2 aromatic rings. The molecule has 0 unspecified atom stereocenters. The van der Waals surface area contributed by atoms with Gasteiger partial charge in [0.15, 0.2) is 5.78 Å². The van der Waals surface area contributed by atoms with Gasteiger partial charge in [0, 0.05) is 17.7 Å². The minimum Gasteiger partial charge on any atom is -0.382 e. The lowest BCUT2D eigenvalue weighted by atomic mass is 10.0. The van der Waals surface area contributed by atoms with Crippen LogP contribution in [0.1, 0.15) is 28.9 Å². The molecule has 114 valence electrons. The Morgan fingerprint density at radius 3 is 2.64 bits per heavy atom. The van der Waals surface area contributed by atoms with Crippen LogP contribution in [0.15, 0.2) is 30.5 Å². The van der Waals surface area contributed by atoms with Crippen LogP contribution in [-0.4, -0.2) is 32.6 Å². The van der Waals surface area contributed by atoms with Crippen LogP contribution in [-0.2, 0) is 11.2 Å². The molecule has 1 fully saturated rings. The summed E-state index contributed by atoms with van der Waals surface area (Å²) < 4.78 is 12.8. The van der Waals surface area contributed by atoms with Crippen molar-refractivity contribution in [1.29, 1.82) is 0 Å². The summed E-state index contributed by atoms with van der Waals surface area (Å²) in [5.74, 6) is -1.19. The van der Waals surface area contributed by atoms with Crippen molar-refractivity contribution in [3.8, 4) is 0 Å². The van der Waals surface area contributed by atoms with E-state index in [0.29, 0.717) is 24.1 Å². The van der Waals surface area contributed by atoms with Gasteiger partial charge in [-0.3, -0.25) is 14.7 Å². The Hall–Kier alpha value is -2.54. The van der Waals surface area contributed by atoms with Crippen molar-refractivity contribution in [2.75, 3.05) is 5.32 Å². The fourth-order valence-electron chi connectivity index (χ4n) is 2.10. The largest absolute Gasteiger partial charge is 0.382 e. The van der Waals surface area contributed by atoms with E-state index >= 15 is 0 Å². The Morgan fingerprint density at radius 1 is 1.32 bits per heavy atom. The van der Waals surface area contributed by atoms with Gasteiger partial charge in [0.05, 0.1) is 6.20 Å². The van der Waals surface area contributed by atoms with Crippen LogP contribution in [0.2, 0.25) is 0 Å². The van der Waals surface area contributed by atoms with Gasteiger partial charge in [0.1, 0.15) is 17.1 Å². The molecule has 6 nitrogen and oxygen atoms in total. The third kappa shape index (κ3) is 2.89. The first-order chi connectivity index (χ1) is 10.5. The average Bonchev–Trinajstić information content (AvgIpc) is 3.08. The summed E-state index contributed by atoms with van der Waals surface area (Å²) in [7, 11) is 0. The van der Waals surface area contributed by atoms with Crippen LogP contribution in [0.3, 0.4) is 0 Å². The summed E-state index contributed by atoms with van der Waals surface area (Å²) >= 11 is 0. The molecule has 1 amide bonds. The third-order valence-corrected chi connectivity index (χ3v) is 3.64. The number of aromatic amines is 1. The predicted molar refractivity (Wildman–Crippen MR) is 75.8 cm³/mol. The number of rotatable bonds is 5. The molecule has 0 saturated heterocycles. The number of ketones is 1. The van der Waals surface area contributed by atoms with Crippen LogP contribution in [0.5, 0.6) is 0 Å². The molecular formula is C15H14FN3O3. The number of carbonyl (C=O) groups excluding carboxylic acids is 2. The van der Waals surface area contributed by atoms with Crippen LogP contribution < -0.4 is 5.32 Å². The Kier molecular flexibility index (Phi) is 3.50. The highest BCUT2D eigenvalue weighted by molar-refractivity contribution is 6.05. The number of hydrogen-bond donors (Lipinski definition) is 3. The lowest BCUT2D eigenvalue weighted by molar-refractivity contribution is -0.128. The number of carbonyl (C=O) groups is 2. The first-order valence-corrected chi connectivity index (χ1v) is 6.83. The lowest BCUT2D eigenvalue weighted by Crippen LogP contribution is -2.25. The minimum atomic E-state index is -1.23. The predicted octanol–water partition coefficient (Wildman–Crippen LogP) is 1.44. The number of hydrogen-bond acceptors (Lipinski definition) is 4. The molecular weight excluding hydrogens is 289 g/mol. The molecule has 1 aliphatic rings. The number of nitrogens with zero attached hydrogens (tertiary/aromatic N) is 1. The molecule has 0 radical (unpaired) electrons. The van der Waals surface area contributed by atoms with Gasteiger partial charge < -0.3 is 10.4 Å². The Morgan fingerprint density at radius 2 is 2.00 bits per heavy atom. The van der Waals surface area contributed by atoms with E-state index in [1.807, 2.05) is 0 Å². The van der Waals surface area contributed by atoms with Crippen LogP contribution in [0.25, 0.3) is 0 Å². The highest BCUT2D eigenvalue weighted by Crippen LogP contribution is 2.36. The van der Waals surface area contributed by atoms with Crippen molar-refractivity contribution in [3.05, 3.63) is 47.5 Å². The number of aromatic nitrogens is 2. The van der Waals surface area contributed by atoms with E-state index < -0.39 is 17.3 Å². The van der Waals surface area contributed by atoms with E-state index in [9.17, 15) is 19.1 Å². The molecule has 7 heteroatoms. The van der Waals surface area contributed by atoms with Gasteiger partial charge in [-0.25, -0.2) is 4.39 Å². The summed E-state index contributed by atoms with van der Waals surface area (Å²) in [6.07, 6.45) is 2.25. The minimum absolute atomic E-state index is 0.0564. The summed E-state index contributed by atoms with van der Waals surface area (Å²) in [4.78, 5) is 24.1. The number of aliphatic hydroxyl groups is 1. The normalized spacial score (nSPS) is 15.4. The highest BCUT2D eigenvalue weighted by Gasteiger charge is 2.47. The molecule has 22 heavy (non-hydrogen) atoms. The molecule has 1 aromatic heterocycles. The van der Waals surface area contributed by atoms with Gasteiger partial charge in [-0.05, 0) is 37.1 Å². The van der Waals surface area contributed by atoms with Gasteiger partial charge in [0.2, 0.25) is 0 Å². The second-order valence-electron chi connectivity index (χ2n) is 5.36. The maximum Gasteiger partial charge on any atom is 0.273 e. The maximum atomic E-state index is 12.8. The van der Waals surface area contributed by atoms with E-state index in [2.05, 4.69) is 15.5 Å². The van der Waals surface area contributed by atoms with Crippen LogP contribution in [0.4, 0.5) is 10.1 Å². The van der Waals surface area contributed by atoms with E-state index in [1.165, 1.54) is 30.5 Å². The van der Waals surface area contributed by atoms with E-state index in [4.69, 9.17) is 0 Å². The zero-order valence-electron chi connectivity index (χ0n) is 11.6. The molecule has 3 N–H and O–H groups in total. The Balaban J connectivity index is 1.72. The SMILES string of the molecule is O=C(Nc1ccc(F)cc1)c1[nH]ncc1CC(=O)C1(O)CC1. The maximum absolute atomic E-state index is 12.8. The Labute approximate surface area is 125 Å². The molecule has 1 saturated carbocycles. The van der Waals surface area contributed by atoms with E-state index in [-0.39, 0.29) is 17.9 Å². The number of benzene rings is 1. The van der Waals surface area contributed by atoms with E-state index in [0.717, 1.165) is 0 Å². The average molecular weight is 303 g/mol. The number of anilines is 1. The molecule has 1 aliphatic carbocycles. The van der Waals surface area contributed by atoms with Crippen LogP contribution >= 0.6 is 0 Å². The Bertz CT molecular complexity index is 720. The van der Waals surface area contributed by atoms with E-state index in [1.54, 1.807) is 0 Å². The fraction of sp³-hybridized carbons (Fsp3) is 0.267. The third-order valence-electron chi connectivity index (χ3n) is 3.64. The lowest BCUT2D eigenvalue weighted by Gasteiger charge is -2.07. The summed E-state index contributed by atoms with van der Waals surface area (Å²) in [6.45, 7) is 0. The second-order valence-corrected chi connectivity index (χ2v) is 5.36. The second kappa shape index (κ2) is 5.34. The molecule has 0 aliphatic heterocycles. The number of nitrogens with one attached hydrogen (secondary N) is 2. The topological polar surface area (TPSA) is 95.1 Å². The zero-order chi connectivity index (χ0) is 15.7. The van der Waals surface area contributed by atoms with Crippen molar-refractivity contribution in [1.82, 2.24) is 10.2 Å². The van der Waals surface area contributed by atoms with Crippen molar-refractivity contribution in [2.45, 2.75) is 24.9 Å². The quantitative estimate of drug-likeness (QED) is 0.779.